The zero-order valence-corrected chi connectivity index (χ0v) is 16.0. The number of rotatable bonds is 7. The molecule has 0 aliphatic carbocycles. The molecule has 0 unspecified atom stereocenters. The van der Waals surface area contributed by atoms with Gasteiger partial charge in [0.25, 0.3) is 5.91 Å². The first kappa shape index (κ1) is 19.2. The zero-order chi connectivity index (χ0) is 18.4. The van der Waals surface area contributed by atoms with Gasteiger partial charge in [-0.1, -0.05) is 31.5 Å². The standard InChI is InChI=1S/C19H25ClN4O/c1-5-9-24(10-6-2)18-12-17(21-14(4)22-18)19(25)23-15-8-7-13(3)16(20)11-15/h7-8,11-12H,5-6,9-10H2,1-4H3,(H,23,25). The molecule has 0 aliphatic heterocycles. The lowest BCUT2D eigenvalue weighted by Crippen LogP contribution is -2.27. The van der Waals surface area contributed by atoms with Crippen LogP contribution in [-0.4, -0.2) is 29.0 Å². The lowest BCUT2D eigenvalue weighted by molar-refractivity contribution is 0.102. The van der Waals surface area contributed by atoms with Gasteiger partial charge in [0, 0.05) is 29.9 Å². The van der Waals surface area contributed by atoms with Gasteiger partial charge in [-0.25, -0.2) is 9.97 Å². The molecule has 2 rings (SSSR count). The average Bonchev–Trinajstić information content (AvgIpc) is 2.57. The number of hydrogen-bond acceptors (Lipinski definition) is 4. The number of hydrogen-bond donors (Lipinski definition) is 1. The van der Waals surface area contributed by atoms with Gasteiger partial charge in [0.1, 0.15) is 17.3 Å². The van der Waals surface area contributed by atoms with Crippen LogP contribution in [0.4, 0.5) is 11.5 Å². The Hall–Kier alpha value is -2.14. The van der Waals surface area contributed by atoms with Crippen LogP contribution in [0, 0.1) is 13.8 Å². The van der Waals surface area contributed by atoms with E-state index in [4.69, 9.17) is 11.6 Å². The van der Waals surface area contributed by atoms with E-state index in [9.17, 15) is 4.79 Å². The molecule has 2 aromatic rings. The van der Waals surface area contributed by atoms with E-state index in [0.29, 0.717) is 22.2 Å². The van der Waals surface area contributed by atoms with Crippen LogP contribution in [0.25, 0.3) is 0 Å². The smallest absolute Gasteiger partial charge is 0.274 e. The summed E-state index contributed by atoms with van der Waals surface area (Å²) in [5.41, 5.74) is 1.98. The third-order valence-electron chi connectivity index (χ3n) is 3.80. The molecule has 0 spiro atoms. The van der Waals surface area contributed by atoms with Crippen molar-refractivity contribution in [1.29, 1.82) is 0 Å². The maximum Gasteiger partial charge on any atom is 0.274 e. The van der Waals surface area contributed by atoms with Crippen molar-refractivity contribution < 1.29 is 4.79 Å². The first-order valence-corrected chi connectivity index (χ1v) is 9.00. The first-order chi connectivity index (χ1) is 11.9. The van der Waals surface area contributed by atoms with Gasteiger partial charge in [-0.3, -0.25) is 4.79 Å². The van der Waals surface area contributed by atoms with Crippen LogP contribution in [0.3, 0.4) is 0 Å². The highest BCUT2D eigenvalue weighted by Gasteiger charge is 2.14. The summed E-state index contributed by atoms with van der Waals surface area (Å²) in [4.78, 5) is 23.6. The Kier molecular flexibility index (Phi) is 6.76. The van der Waals surface area contributed by atoms with Crippen molar-refractivity contribution in [3.8, 4) is 0 Å². The highest BCUT2D eigenvalue weighted by Crippen LogP contribution is 2.21. The molecular weight excluding hydrogens is 336 g/mol. The van der Waals surface area contributed by atoms with E-state index in [-0.39, 0.29) is 5.91 Å². The van der Waals surface area contributed by atoms with Crippen molar-refractivity contribution in [2.75, 3.05) is 23.3 Å². The Morgan fingerprint density at radius 2 is 1.80 bits per heavy atom. The van der Waals surface area contributed by atoms with Crippen LogP contribution < -0.4 is 10.2 Å². The van der Waals surface area contributed by atoms with Crippen molar-refractivity contribution >= 4 is 29.0 Å². The van der Waals surface area contributed by atoms with Crippen molar-refractivity contribution in [3.05, 3.63) is 46.4 Å². The molecule has 0 atom stereocenters. The molecule has 5 nitrogen and oxygen atoms in total. The Balaban J connectivity index is 2.25. The molecule has 0 bridgehead atoms. The number of benzene rings is 1. The summed E-state index contributed by atoms with van der Waals surface area (Å²) in [5, 5.41) is 3.47. The molecule has 1 amide bonds. The number of aromatic nitrogens is 2. The normalized spacial score (nSPS) is 10.6. The van der Waals surface area contributed by atoms with Crippen LogP contribution >= 0.6 is 11.6 Å². The minimum Gasteiger partial charge on any atom is -0.357 e. The Morgan fingerprint density at radius 3 is 2.40 bits per heavy atom. The summed E-state index contributed by atoms with van der Waals surface area (Å²) in [7, 11) is 0. The molecule has 0 aliphatic rings. The van der Waals surface area contributed by atoms with Gasteiger partial charge in [-0.15, -0.1) is 0 Å². The second-order valence-electron chi connectivity index (χ2n) is 6.06. The summed E-state index contributed by atoms with van der Waals surface area (Å²) in [5.74, 6) is 1.12. The summed E-state index contributed by atoms with van der Waals surface area (Å²) in [6, 6.07) is 7.20. The van der Waals surface area contributed by atoms with Gasteiger partial charge in [-0.2, -0.15) is 0 Å². The molecule has 1 N–H and O–H groups in total. The van der Waals surface area contributed by atoms with Crippen LogP contribution in [-0.2, 0) is 0 Å². The van der Waals surface area contributed by atoms with Gasteiger partial charge in [0.05, 0.1) is 0 Å². The number of carbonyl (C=O) groups excluding carboxylic acids is 1. The van der Waals surface area contributed by atoms with Gasteiger partial charge >= 0.3 is 0 Å². The Labute approximate surface area is 154 Å². The van der Waals surface area contributed by atoms with Crippen LogP contribution in [0.2, 0.25) is 5.02 Å². The lowest BCUT2D eigenvalue weighted by atomic mass is 10.2. The van der Waals surface area contributed by atoms with E-state index in [1.54, 1.807) is 19.1 Å². The summed E-state index contributed by atoms with van der Waals surface area (Å²) < 4.78 is 0. The molecule has 0 fully saturated rings. The average molecular weight is 361 g/mol. The monoisotopic (exact) mass is 360 g/mol. The molecular formula is C19H25ClN4O. The van der Waals surface area contributed by atoms with E-state index in [1.807, 2.05) is 19.1 Å². The Morgan fingerprint density at radius 1 is 1.12 bits per heavy atom. The van der Waals surface area contributed by atoms with E-state index < -0.39 is 0 Å². The molecule has 1 aromatic carbocycles. The number of anilines is 2. The minimum atomic E-state index is -0.264. The molecule has 6 heteroatoms. The maximum atomic E-state index is 12.6. The van der Waals surface area contributed by atoms with E-state index in [1.165, 1.54) is 0 Å². The van der Waals surface area contributed by atoms with Crippen molar-refractivity contribution in [2.45, 2.75) is 40.5 Å². The van der Waals surface area contributed by atoms with Gasteiger partial charge in [0.2, 0.25) is 0 Å². The molecule has 0 radical (unpaired) electrons. The van der Waals surface area contributed by atoms with Crippen molar-refractivity contribution in [1.82, 2.24) is 9.97 Å². The molecule has 1 heterocycles. The largest absolute Gasteiger partial charge is 0.357 e. The fourth-order valence-electron chi connectivity index (χ4n) is 2.58. The number of carbonyl (C=O) groups is 1. The summed E-state index contributed by atoms with van der Waals surface area (Å²) >= 11 is 6.12. The fourth-order valence-corrected chi connectivity index (χ4v) is 2.76. The number of nitrogens with zero attached hydrogens (tertiary/aromatic N) is 3. The van der Waals surface area contributed by atoms with Gasteiger partial charge < -0.3 is 10.2 Å². The fraction of sp³-hybridized carbons (Fsp3) is 0.421. The van der Waals surface area contributed by atoms with Crippen LogP contribution in [0.5, 0.6) is 0 Å². The van der Waals surface area contributed by atoms with E-state index in [0.717, 1.165) is 37.3 Å². The lowest BCUT2D eigenvalue weighted by Gasteiger charge is -2.23. The second kappa shape index (κ2) is 8.81. The number of halogens is 1. The molecule has 25 heavy (non-hydrogen) atoms. The van der Waals surface area contributed by atoms with Crippen LogP contribution in [0.1, 0.15) is 48.6 Å². The number of nitrogens with one attached hydrogen (secondary N) is 1. The predicted octanol–water partition coefficient (Wildman–Crippen LogP) is 4.63. The van der Waals surface area contributed by atoms with E-state index >= 15 is 0 Å². The minimum absolute atomic E-state index is 0.264. The first-order valence-electron chi connectivity index (χ1n) is 8.62. The maximum absolute atomic E-state index is 12.6. The van der Waals surface area contributed by atoms with Crippen LogP contribution in [0.15, 0.2) is 24.3 Å². The summed E-state index contributed by atoms with van der Waals surface area (Å²) in [6.07, 6.45) is 2.04. The third kappa shape index (κ3) is 5.16. The predicted molar refractivity (Wildman–Crippen MR) is 104 cm³/mol. The van der Waals surface area contributed by atoms with Crippen molar-refractivity contribution in [3.63, 3.8) is 0 Å². The molecule has 134 valence electrons. The zero-order valence-electron chi connectivity index (χ0n) is 15.3. The number of amides is 1. The quantitative estimate of drug-likeness (QED) is 0.782. The highest BCUT2D eigenvalue weighted by molar-refractivity contribution is 6.31. The van der Waals surface area contributed by atoms with Gasteiger partial charge in [0.15, 0.2) is 0 Å². The molecule has 0 saturated carbocycles. The van der Waals surface area contributed by atoms with E-state index in [2.05, 4.69) is 34.0 Å². The SMILES string of the molecule is CCCN(CCC)c1cc(C(=O)Nc2ccc(C)c(Cl)c2)nc(C)n1. The molecule has 1 aromatic heterocycles. The van der Waals surface area contributed by atoms with Crippen molar-refractivity contribution in [2.24, 2.45) is 0 Å². The highest BCUT2D eigenvalue weighted by atomic mass is 35.5. The Bertz CT molecular complexity index is 742. The van der Waals surface area contributed by atoms with Gasteiger partial charge in [-0.05, 0) is 44.4 Å². The third-order valence-corrected chi connectivity index (χ3v) is 4.21. The number of aryl methyl sites for hydroxylation is 2. The summed E-state index contributed by atoms with van der Waals surface area (Å²) in [6.45, 7) is 9.79. The molecule has 0 saturated heterocycles. The second-order valence-corrected chi connectivity index (χ2v) is 6.47. The topological polar surface area (TPSA) is 58.1 Å².